The van der Waals surface area contributed by atoms with Crippen molar-refractivity contribution in [2.45, 2.75) is 26.8 Å². The van der Waals surface area contributed by atoms with Crippen LogP contribution in [0.25, 0.3) is 0 Å². The number of hydrogen-bond donors (Lipinski definition) is 3. The van der Waals surface area contributed by atoms with E-state index in [0.717, 1.165) is 17.2 Å². The molecule has 0 spiro atoms. The molecule has 3 amide bonds. The number of ether oxygens (including phenoxy) is 1. The van der Waals surface area contributed by atoms with Gasteiger partial charge < -0.3 is 15.4 Å². The second-order valence-corrected chi connectivity index (χ2v) is 9.57. The van der Waals surface area contributed by atoms with E-state index in [0.29, 0.717) is 29.2 Å². The molecule has 0 aliphatic heterocycles. The molecule has 4 aromatic rings. The molecule has 10 heteroatoms. The number of halogens is 2. The monoisotopic (exact) mass is 570 g/mol. The van der Waals surface area contributed by atoms with Crippen LogP contribution in [0.4, 0.5) is 25.1 Å². The average molecular weight is 571 g/mol. The van der Waals surface area contributed by atoms with E-state index >= 15 is 0 Å². The fourth-order valence-corrected chi connectivity index (χ4v) is 3.85. The number of ketones is 1. The van der Waals surface area contributed by atoms with Crippen LogP contribution < -0.4 is 20.7 Å². The predicted octanol–water partition coefficient (Wildman–Crippen LogP) is 6.80. The van der Waals surface area contributed by atoms with Crippen molar-refractivity contribution in [3.05, 3.63) is 125 Å². The third kappa shape index (κ3) is 8.82. The molecule has 1 aromatic heterocycles. The summed E-state index contributed by atoms with van der Waals surface area (Å²) in [5.41, 5.74) is 3.03. The molecule has 0 aliphatic rings. The van der Waals surface area contributed by atoms with Gasteiger partial charge in [-0.05, 0) is 67.4 Å². The first-order valence-corrected chi connectivity index (χ1v) is 13.0. The normalized spacial score (nSPS) is 10.4. The van der Waals surface area contributed by atoms with Gasteiger partial charge in [0.1, 0.15) is 17.4 Å². The molecule has 3 aromatic carbocycles. The number of allylic oxidation sites excluding steroid dienone is 2. The summed E-state index contributed by atoms with van der Waals surface area (Å²) in [4.78, 5) is 40.8. The van der Waals surface area contributed by atoms with E-state index in [9.17, 15) is 23.2 Å². The van der Waals surface area contributed by atoms with Gasteiger partial charge in [-0.1, -0.05) is 35.9 Å². The first-order valence-electron chi connectivity index (χ1n) is 13.0. The van der Waals surface area contributed by atoms with Crippen molar-refractivity contribution in [2.75, 3.05) is 10.6 Å². The molecule has 4 rings (SSSR count). The fourth-order valence-electron chi connectivity index (χ4n) is 3.85. The van der Waals surface area contributed by atoms with Gasteiger partial charge in [0, 0.05) is 36.1 Å². The third-order valence-electron chi connectivity index (χ3n) is 5.78. The minimum Gasteiger partial charge on any atom is -0.454 e. The van der Waals surface area contributed by atoms with E-state index in [4.69, 9.17) is 4.74 Å². The molecule has 0 unspecified atom stereocenters. The lowest BCUT2D eigenvalue weighted by atomic mass is 10.1. The van der Waals surface area contributed by atoms with E-state index in [1.54, 1.807) is 24.3 Å². The van der Waals surface area contributed by atoms with E-state index in [-0.39, 0.29) is 23.6 Å². The number of rotatable bonds is 10. The summed E-state index contributed by atoms with van der Waals surface area (Å²) in [6, 6.07) is 18.7. The predicted molar refractivity (Wildman–Crippen MR) is 156 cm³/mol. The van der Waals surface area contributed by atoms with Gasteiger partial charge in [-0.25, -0.2) is 18.6 Å². The fraction of sp³-hybridized carbons (Fsp3) is 0.125. The van der Waals surface area contributed by atoms with Crippen LogP contribution in [-0.2, 0) is 17.8 Å². The number of benzene rings is 3. The quantitative estimate of drug-likeness (QED) is 0.143. The summed E-state index contributed by atoms with van der Waals surface area (Å²) in [5.74, 6) is -1.13. The smallest absolute Gasteiger partial charge is 0.325 e. The van der Waals surface area contributed by atoms with E-state index in [1.807, 2.05) is 32.0 Å². The Hall–Kier alpha value is -5.38. The van der Waals surface area contributed by atoms with Crippen molar-refractivity contribution in [1.29, 1.82) is 0 Å². The molecule has 3 N–H and O–H groups in total. The van der Waals surface area contributed by atoms with Gasteiger partial charge in [-0.3, -0.25) is 14.9 Å². The zero-order valence-corrected chi connectivity index (χ0v) is 22.9. The van der Waals surface area contributed by atoms with Crippen LogP contribution in [0.3, 0.4) is 0 Å². The number of urea groups is 1. The molecule has 0 saturated carbocycles. The second-order valence-electron chi connectivity index (χ2n) is 9.57. The number of aromatic nitrogens is 1. The van der Waals surface area contributed by atoms with Gasteiger partial charge in [0.05, 0.1) is 6.42 Å². The van der Waals surface area contributed by atoms with Crippen molar-refractivity contribution in [2.24, 2.45) is 0 Å². The maximum absolute atomic E-state index is 14.8. The third-order valence-corrected chi connectivity index (χ3v) is 5.78. The number of anilines is 2. The van der Waals surface area contributed by atoms with Crippen molar-refractivity contribution in [1.82, 2.24) is 10.3 Å². The Morgan fingerprint density at radius 3 is 2.43 bits per heavy atom. The standard InChI is InChI=1S/C32H28F2N4O4/c1-20(2)14-28(39)23-5-3-4-22(15-23)19-36-30-18-26(12-13-35-30)42-29-11-10-25(17-27(29)34)37-32(41)38-31(40)16-21-6-8-24(33)9-7-21/h3-15,17-18H,16,19H2,1-2H3,(H,35,36)(H2,37,38,40,41). The Morgan fingerprint density at radius 1 is 0.905 bits per heavy atom. The molecule has 8 nitrogen and oxygen atoms in total. The summed E-state index contributed by atoms with van der Waals surface area (Å²) in [5, 5.41) is 7.69. The Morgan fingerprint density at radius 2 is 1.69 bits per heavy atom. The van der Waals surface area contributed by atoms with E-state index in [2.05, 4.69) is 20.9 Å². The molecule has 0 bridgehead atoms. The van der Waals surface area contributed by atoms with Gasteiger partial charge in [-0.2, -0.15) is 0 Å². The van der Waals surface area contributed by atoms with Crippen molar-refractivity contribution < 1.29 is 27.9 Å². The number of carbonyl (C=O) groups excluding carboxylic acids is 3. The lowest BCUT2D eigenvalue weighted by Crippen LogP contribution is -2.35. The number of imide groups is 1. The average Bonchev–Trinajstić information content (AvgIpc) is 2.94. The summed E-state index contributed by atoms with van der Waals surface area (Å²) in [7, 11) is 0. The Kier molecular flexibility index (Phi) is 9.73. The lowest BCUT2D eigenvalue weighted by molar-refractivity contribution is -0.119. The molecule has 1 heterocycles. The Balaban J connectivity index is 1.31. The zero-order chi connectivity index (χ0) is 30.1. The topological polar surface area (TPSA) is 109 Å². The zero-order valence-electron chi connectivity index (χ0n) is 22.9. The first-order chi connectivity index (χ1) is 20.1. The van der Waals surface area contributed by atoms with E-state index < -0.39 is 23.6 Å². The van der Waals surface area contributed by atoms with Crippen LogP contribution >= 0.6 is 0 Å². The van der Waals surface area contributed by atoms with Gasteiger partial charge in [0.15, 0.2) is 17.3 Å². The van der Waals surface area contributed by atoms with Gasteiger partial charge in [0.2, 0.25) is 5.91 Å². The second kappa shape index (κ2) is 13.8. The van der Waals surface area contributed by atoms with Crippen LogP contribution in [-0.4, -0.2) is 22.7 Å². The molecule has 214 valence electrons. The summed E-state index contributed by atoms with van der Waals surface area (Å²) >= 11 is 0. The number of hydrogen-bond acceptors (Lipinski definition) is 6. The van der Waals surface area contributed by atoms with E-state index in [1.165, 1.54) is 42.6 Å². The number of nitrogens with one attached hydrogen (secondary N) is 3. The van der Waals surface area contributed by atoms with Crippen molar-refractivity contribution in [3.63, 3.8) is 0 Å². The molecule has 0 aliphatic carbocycles. The maximum atomic E-state index is 14.8. The number of nitrogens with zero attached hydrogens (tertiary/aromatic N) is 1. The number of pyridine rings is 1. The van der Waals surface area contributed by atoms with Gasteiger partial charge >= 0.3 is 6.03 Å². The molecule has 0 fully saturated rings. The molecule has 0 radical (unpaired) electrons. The van der Waals surface area contributed by atoms with Gasteiger partial charge in [-0.15, -0.1) is 0 Å². The number of amides is 3. The van der Waals surface area contributed by atoms with Gasteiger partial charge in [0.25, 0.3) is 0 Å². The summed E-state index contributed by atoms with van der Waals surface area (Å²) in [6.45, 7) is 4.13. The lowest BCUT2D eigenvalue weighted by Gasteiger charge is -2.11. The highest BCUT2D eigenvalue weighted by Gasteiger charge is 2.12. The Labute approximate surface area is 241 Å². The van der Waals surface area contributed by atoms with Crippen LogP contribution in [0.5, 0.6) is 11.5 Å². The molecule has 0 saturated heterocycles. The molecule has 0 atom stereocenters. The first kappa shape index (κ1) is 29.6. The Bertz CT molecular complexity index is 1630. The minimum atomic E-state index is -0.841. The molecular formula is C32H28F2N4O4. The van der Waals surface area contributed by atoms with Crippen molar-refractivity contribution in [3.8, 4) is 11.5 Å². The highest BCUT2D eigenvalue weighted by atomic mass is 19.1. The number of carbonyl (C=O) groups is 3. The van der Waals surface area contributed by atoms with Crippen LogP contribution in [0, 0.1) is 11.6 Å². The SMILES string of the molecule is CC(C)=CC(=O)c1cccc(CNc2cc(Oc3ccc(NC(=O)NC(=O)Cc4ccc(F)cc4)cc3F)ccn2)c1. The summed E-state index contributed by atoms with van der Waals surface area (Å²) < 4.78 is 33.4. The highest BCUT2D eigenvalue weighted by molar-refractivity contribution is 6.05. The maximum Gasteiger partial charge on any atom is 0.325 e. The molecule has 42 heavy (non-hydrogen) atoms. The van der Waals surface area contributed by atoms with Crippen molar-refractivity contribution >= 4 is 29.2 Å². The summed E-state index contributed by atoms with van der Waals surface area (Å²) in [6.07, 6.45) is 2.97. The van der Waals surface area contributed by atoms with Crippen LogP contribution in [0.1, 0.15) is 35.3 Å². The highest BCUT2D eigenvalue weighted by Crippen LogP contribution is 2.28. The molecular weight excluding hydrogens is 542 g/mol. The minimum absolute atomic E-state index is 0.0652. The largest absolute Gasteiger partial charge is 0.454 e. The van der Waals surface area contributed by atoms with Crippen LogP contribution in [0.2, 0.25) is 0 Å². The van der Waals surface area contributed by atoms with Crippen LogP contribution in [0.15, 0.2) is 96.7 Å².